The van der Waals surface area contributed by atoms with Gasteiger partial charge in [-0.15, -0.1) is 5.10 Å². The van der Waals surface area contributed by atoms with Gasteiger partial charge in [0.05, 0.1) is 12.8 Å². The fraction of sp³-hybridized carbons (Fsp3) is 0.125. The van der Waals surface area contributed by atoms with Crippen LogP contribution in [-0.2, 0) is 4.79 Å². The Bertz CT molecular complexity index is 1260. The molecule has 1 aromatic heterocycles. The highest BCUT2D eigenvalue weighted by molar-refractivity contribution is 8.00. The highest BCUT2D eigenvalue weighted by Gasteiger charge is 2.25. The van der Waals surface area contributed by atoms with Crippen molar-refractivity contribution in [1.82, 2.24) is 20.2 Å². The van der Waals surface area contributed by atoms with Gasteiger partial charge in [0.25, 0.3) is 0 Å². The Morgan fingerprint density at radius 3 is 2.45 bits per heavy atom. The number of carbonyl (C=O) groups excluding carboxylic acids is 2. The van der Waals surface area contributed by atoms with Gasteiger partial charge in [0.15, 0.2) is 5.78 Å². The fourth-order valence-electron chi connectivity index (χ4n) is 3.17. The first-order valence-electron chi connectivity index (χ1n) is 10.1. The zero-order valence-corrected chi connectivity index (χ0v) is 18.8. The predicted molar refractivity (Wildman–Crippen MR) is 126 cm³/mol. The SMILES string of the molecule is COc1ccc(-n2nnnc2S[C@@H](C(=O)Nc2cccc(C(C)=O)c2)c2ccccc2)cc1. The van der Waals surface area contributed by atoms with E-state index in [1.165, 1.54) is 18.7 Å². The second kappa shape index (κ2) is 10.1. The number of nitrogens with one attached hydrogen (secondary N) is 1. The number of anilines is 1. The number of rotatable bonds is 8. The molecule has 0 bridgehead atoms. The lowest BCUT2D eigenvalue weighted by molar-refractivity contribution is -0.115. The Labute approximate surface area is 195 Å². The summed E-state index contributed by atoms with van der Waals surface area (Å²) < 4.78 is 6.78. The first-order valence-corrected chi connectivity index (χ1v) is 11.0. The average Bonchev–Trinajstić information content (AvgIpc) is 3.31. The minimum absolute atomic E-state index is 0.0706. The highest BCUT2D eigenvalue weighted by atomic mass is 32.2. The number of Topliss-reactive ketones (excluding diaryl/α,β-unsaturated/α-hetero) is 1. The van der Waals surface area contributed by atoms with Crippen molar-refractivity contribution in [3.63, 3.8) is 0 Å². The van der Waals surface area contributed by atoms with Crippen LogP contribution in [0.3, 0.4) is 0 Å². The molecule has 0 saturated carbocycles. The molecule has 9 heteroatoms. The van der Waals surface area contributed by atoms with E-state index >= 15 is 0 Å². The molecule has 8 nitrogen and oxygen atoms in total. The van der Waals surface area contributed by atoms with Crippen molar-refractivity contribution in [1.29, 1.82) is 0 Å². The molecule has 0 fully saturated rings. The van der Waals surface area contributed by atoms with Crippen LogP contribution in [0.4, 0.5) is 5.69 Å². The number of amides is 1. The van der Waals surface area contributed by atoms with Gasteiger partial charge in [0.2, 0.25) is 11.1 Å². The van der Waals surface area contributed by atoms with Gasteiger partial charge in [0.1, 0.15) is 11.0 Å². The van der Waals surface area contributed by atoms with Gasteiger partial charge >= 0.3 is 0 Å². The Hall–Kier alpha value is -3.98. The van der Waals surface area contributed by atoms with Gasteiger partial charge in [-0.3, -0.25) is 9.59 Å². The molecule has 1 amide bonds. The lowest BCUT2D eigenvalue weighted by Crippen LogP contribution is -2.19. The zero-order valence-electron chi connectivity index (χ0n) is 18.0. The minimum atomic E-state index is -0.629. The third-order valence-electron chi connectivity index (χ3n) is 4.86. The van der Waals surface area contributed by atoms with Crippen molar-refractivity contribution < 1.29 is 14.3 Å². The number of hydrogen-bond donors (Lipinski definition) is 1. The monoisotopic (exact) mass is 459 g/mol. The van der Waals surface area contributed by atoms with Crippen LogP contribution in [0.25, 0.3) is 5.69 Å². The molecule has 1 N–H and O–H groups in total. The number of tetrazole rings is 1. The standard InChI is InChI=1S/C24H21N5O3S/c1-16(30)18-9-6-10-19(15-18)25-23(31)22(17-7-4-3-5-8-17)33-24-26-27-28-29(24)20-11-13-21(32-2)14-12-20/h3-15,22H,1-2H3,(H,25,31)/t22-/m1/s1. The van der Waals surface area contributed by atoms with Crippen LogP contribution in [0.2, 0.25) is 0 Å². The Morgan fingerprint density at radius 1 is 1.00 bits per heavy atom. The summed E-state index contributed by atoms with van der Waals surface area (Å²) in [7, 11) is 1.60. The fourth-order valence-corrected chi connectivity index (χ4v) is 4.16. The number of ketones is 1. The topological polar surface area (TPSA) is 99.0 Å². The van der Waals surface area contributed by atoms with Gasteiger partial charge < -0.3 is 10.1 Å². The molecule has 0 unspecified atom stereocenters. The molecule has 0 spiro atoms. The molecule has 33 heavy (non-hydrogen) atoms. The third kappa shape index (κ3) is 5.27. The summed E-state index contributed by atoms with van der Waals surface area (Å²) in [4.78, 5) is 25.1. The van der Waals surface area contributed by atoms with Gasteiger partial charge in [0, 0.05) is 11.3 Å². The quantitative estimate of drug-likeness (QED) is 0.309. The molecule has 0 aliphatic heterocycles. The summed E-state index contributed by atoms with van der Waals surface area (Å²) in [6.45, 7) is 1.49. The van der Waals surface area contributed by atoms with Crippen LogP contribution in [-0.4, -0.2) is 39.0 Å². The molecule has 0 aliphatic rings. The van der Waals surface area contributed by atoms with E-state index in [2.05, 4.69) is 20.8 Å². The maximum Gasteiger partial charge on any atom is 0.242 e. The summed E-state index contributed by atoms with van der Waals surface area (Å²) in [6.07, 6.45) is 0. The number of carbonyl (C=O) groups is 2. The first kappa shape index (κ1) is 22.2. The third-order valence-corrected chi connectivity index (χ3v) is 6.05. The predicted octanol–water partition coefficient (Wildman–Crippen LogP) is 4.35. The number of hydrogen-bond acceptors (Lipinski definition) is 7. The molecular formula is C24H21N5O3S. The number of ether oxygens (including phenoxy) is 1. The lowest BCUT2D eigenvalue weighted by atomic mass is 10.1. The smallest absolute Gasteiger partial charge is 0.242 e. The maximum absolute atomic E-state index is 13.3. The lowest BCUT2D eigenvalue weighted by Gasteiger charge is -2.17. The zero-order chi connectivity index (χ0) is 23.2. The highest BCUT2D eigenvalue weighted by Crippen LogP contribution is 2.36. The molecule has 0 aliphatic carbocycles. The molecule has 3 aromatic carbocycles. The van der Waals surface area contributed by atoms with Crippen LogP contribution < -0.4 is 10.1 Å². The molecule has 166 valence electrons. The minimum Gasteiger partial charge on any atom is -0.497 e. The summed E-state index contributed by atoms with van der Waals surface area (Å²) in [6, 6.07) is 23.6. The van der Waals surface area contributed by atoms with Gasteiger partial charge in [-0.1, -0.05) is 54.2 Å². The second-order valence-corrected chi connectivity index (χ2v) is 8.18. The number of thioether (sulfide) groups is 1. The van der Waals surface area contributed by atoms with E-state index in [0.29, 0.717) is 16.4 Å². The first-order chi connectivity index (χ1) is 16.0. The number of aromatic nitrogens is 4. The van der Waals surface area contributed by atoms with Crippen molar-refractivity contribution >= 4 is 29.1 Å². The Morgan fingerprint density at radius 2 is 1.76 bits per heavy atom. The van der Waals surface area contributed by atoms with Gasteiger partial charge in [-0.25, -0.2) is 0 Å². The second-order valence-electron chi connectivity index (χ2n) is 7.11. The number of nitrogens with zero attached hydrogens (tertiary/aromatic N) is 4. The Kier molecular flexibility index (Phi) is 6.80. The van der Waals surface area contributed by atoms with E-state index < -0.39 is 5.25 Å². The van der Waals surface area contributed by atoms with Crippen LogP contribution in [0.15, 0.2) is 84.0 Å². The molecule has 1 atom stereocenters. The van der Waals surface area contributed by atoms with Crippen molar-refractivity contribution in [2.45, 2.75) is 17.3 Å². The maximum atomic E-state index is 13.3. The largest absolute Gasteiger partial charge is 0.497 e. The van der Waals surface area contributed by atoms with E-state index in [0.717, 1.165) is 17.0 Å². The number of benzene rings is 3. The van der Waals surface area contributed by atoms with Gasteiger partial charge in [-0.05, 0) is 59.3 Å². The van der Waals surface area contributed by atoms with Crippen LogP contribution in [0.1, 0.15) is 28.1 Å². The van der Waals surface area contributed by atoms with E-state index in [9.17, 15) is 9.59 Å². The average molecular weight is 460 g/mol. The normalized spacial score (nSPS) is 11.6. The molecule has 4 rings (SSSR count). The van der Waals surface area contributed by atoms with Crippen LogP contribution >= 0.6 is 11.8 Å². The summed E-state index contributed by atoms with van der Waals surface area (Å²) in [5.74, 6) is 0.394. The summed E-state index contributed by atoms with van der Waals surface area (Å²) in [5.41, 5.74) is 2.61. The molecular weight excluding hydrogens is 438 g/mol. The van der Waals surface area contributed by atoms with Crippen LogP contribution in [0.5, 0.6) is 5.75 Å². The van der Waals surface area contributed by atoms with Crippen LogP contribution in [0, 0.1) is 0 Å². The Balaban J connectivity index is 1.63. The molecule has 0 saturated heterocycles. The molecule has 1 heterocycles. The van der Waals surface area contributed by atoms with E-state index in [1.54, 1.807) is 36.1 Å². The van der Waals surface area contributed by atoms with E-state index in [1.807, 2.05) is 54.6 Å². The van der Waals surface area contributed by atoms with Gasteiger partial charge in [-0.2, -0.15) is 4.68 Å². The van der Waals surface area contributed by atoms with E-state index in [4.69, 9.17) is 4.74 Å². The molecule has 0 radical (unpaired) electrons. The summed E-state index contributed by atoms with van der Waals surface area (Å²) >= 11 is 1.23. The summed E-state index contributed by atoms with van der Waals surface area (Å²) in [5, 5.41) is 14.8. The van der Waals surface area contributed by atoms with Crippen molar-refractivity contribution in [3.05, 3.63) is 90.0 Å². The van der Waals surface area contributed by atoms with E-state index in [-0.39, 0.29) is 11.7 Å². The van der Waals surface area contributed by atoms with Crippen molar-refractivity contribution in [2.75, 3.05) is 12.4 Å². The number of methoxy groups -OCH3 is 1. The van der Waals surface area contributed by atoms with Crippen molar-refractivity contribution in [3.8, 4) is 11.4 Å². The molecule has 4 aromatic rings. The van der Waals surface area contributed by atoms with Crippen molar-refractivity contribution in [2.24, 2.45) is 0 Å².